The van der Waals surface area contributed by atoms with Gasteiger partial charge in [-0.25, -0.2) is 4.98 Å². The zero-order valence-corrected chi connectivity index (χ0v) is 9.12. The summed E-state index contributed by atoms with van der Waals surface area (Å²) in [7, 11) is 1.74. The van der Waals surface area contributed by atoms with Gasteiger partial charge in [0.2, 0.25) is 0 Å². The number of rotatable bonds is 4. The molecule has 1 heterocycles. The Hall–Kier alpha value is -0.940. The average molecular weight is 210 g/mol. The molecule has 5 heteroatoms. The zero-order chi connectivity index (χ0) is 10.7. The SMILES string of the molecule is COC1(c2n[nH]c(CCN)n2)CCCC1. The molecule has 1 aromatic rings. The van der Waals surface area contributed by atoms with Crippen molar-refractivity contribution in [3.8, 4) is 0 Å². The quantitative estimate of drug-likeness (QED) is 0.767. The van der Waals surface area contributed by atoms with E-state index in [0.717, 1.165) is 30.9 Å². The summed E-state index contributed by atoms with van der Waals surface area (Å²) in [6, 6.07) is 0. The van der Waals surface area contributed by atoms with Gasteiger partial charge in [0.05, 0.1) is 0 Å². The number of aromatic nitrogens is 3. The van der Waals surface area contributed by atoms with Gasteiger partial charge >= 0.3 is 0 Å². The van der Waals surface area contributed by atoms with Crippen LogP contribution in [0.15, 0.2) is 0 Å². The van der Waals surface area contributed by atoms with Gasteiger partial charge in [-0.3, -0.25) is 5.10 Å². The minimum absolute atomic E-state index is 0.247. The summed E-state index contributed by atoms with van der Waals surface area (Å²) in [4.78, 5) is 4.45. The van der Waals surface area contributed by atoms with E-state index in [0.29, 0.717) is 6.54 Å². The summed E-state index contributed by atoms with van der Waals surface area (Å²) in [6.07, 6.45) is 5.16. The Bertz CT molecular complexity index is 317. The van der Waals surface area contributed by atoms with Crippen molar-refractivity contribution in [2.45, 2.75) is 37.7 Å². The van der Waals surface area contributed by atoms with Gasteiger partial charge in [0, 0.05) is 13.5 Å². The smallest absolute Gasteiger partial charge is 0.182 e. The van der Waals surface area contributed by atoms with Crippen LogP contribution in [0.4, 0.5) is 0 Å². The van der Waals surface area contributed by atoms with E-state index in [4.69, 9.17) is 10.5 Å². The van der Waals surface area contributed by atoms with Gasteiger partial charge in [-0.05, 0) is 32.2 Å². The second-order valence-corrected chi connectivity index (χ2v) is 4.05. The molecule has 0 spiro atoms. The first kappa shape index (κ1) is 10.6. The predicted octanol–water partition coefficient (Wildman–Crippen LogP) is 0.722. The third kappa shape index (κ3) is 1.89. The van der Waals surface area contributed by atoms with Gasteiger partial charge in [0.15, 0.2) is 5.82 Å². The highest BCUT2D eigenvalue weighted by Gasteiger charge is 2.39. The number of H-pyrrole nitrogens is 1. The first-order valence-corrected chi connectivity index (χ1v) is 5.48. The molecule has 15 heavy (non-hydrogen) atoms. The summed E-state index contributed by atoms with van der Waals surface area (Å²) in [6.45, 7) is 0.592. The Morgan fingerprint density at radius 1 is 1.47 bits per heavy atom. The fourth-order valence-corrected chi connectivity index (χ4v) is 2.21. The topological polar surface area (TPSA) is 76.8 Å². The standard InChI is InChI=1S/C10H18N4O/c1-15-10(5-2-3-6-10)9-12-8(4-7-11)13-14-9/h2-7,11H2,1H3,(H,12,13,14). The lowest BCUT2D eigenvalue weighted by molar-refractivity contribution is -0.0160. The van der Waals surface area contributed by atoms with Gasteiger partial charge in [-0.1, -0.05) is 0 Å². The molecule has 0 bridgehead atoms. The minimum Gasteiger partial charge on any atom is -0.370 e. The molecule has 1 aliphatic carbocycles. The highest BCUT2D eigenvalue weighted by atomic mass is 16.5. The Morgan fingerprint density at radius 2 is 2.20 bits per heavy atom. The maximum absolute atomic E-state index is 5.60. The van der Waals surface area contributed by atoms with Crippen LogP contribution in [0.1, 0.15) is 37.3 Å². The molecule has 1 fully saturated rings. The maximum atomic E-state index is 5.60. The van der Waals surface area contributed by atoms with Crippen molar-refractivity contribution in [3.05, 3.63) is 11.6 Å². The summed E-state index contributed by atoms with van der Waals surface area (Å²) >= 11 is 0. The number of nitrogens with two attached hydrogens (primary N) is 1. The largest absolute Gasteiger partial charge is 0.370 e. The van der Waals surface area contributed by atoms with Gasteiger partial charge < -0.3 is 10.5 Å². The lowest BCUT2D eigenvalue weighted by atomic mass is 10.0. The first-order valence-electron chi connectivity index (χ1n) is 5.48. The minimum atomic E-state index is -0.247. The molecule has 5 nitrogen and oxygen atoms in total. The average Bonchev–Trinajstić information content (AvgIpc) is 2.86. The van der Waals surface area contributed by atoms with Crippen LogP contribution in [0.3, 0.4) is 0 Å². The lowest BCUT2D eigenvalue weighted by Gasteiger charge is -2.23. The zero-order valence-electron chi connectivity index (χ0n) is 9.12. The van der Waals surface area contributed by atoms with E-state index in [9.17, 15) is 0 Å². The Labute approximate surface area is 89.4 Å². The Kier molecular flexibility index (Phi) is 3.02. The van der Waals surface area contributed by atoms with E-state index in [1.165, 1.54) is 12.8 Å². The second-order valence-electron chi connectivity index (χ2n) is 4.05. The molecule has 0 radical (unpaired) electrons. The van der Waals surface area contributed by atoms with E-state index < -0.39 is 0 Å². The van der Waals surface area contributed by atoms with E-state index in [-0.39, 0.29) is 5.60 Å². The van der Waals surface area contributed by atoms with Crippen molar-refractivity contribution >= 4 is 0 Å². The van der Waals surface area contributed by atoms with Crippen molar-refractivity contribution in [1.29, 1.82) is 0 Å². The highest BCUT2D eigenvalue weighted by Crippen LogP contribution is 2.39. The molecule has 3 N–H and O–H groups in total. The van der Waals surface area contributed by atoms with Crippen LogP contribution >= 0.6 is 0 Å². The molecule has 0 atom stereocenters. The van der Waals surface area contributed by atoms with Crippen molar-refractivity contribution in [2.75, 3.05) is 13.7 Å². The molecule has 0 saturated heterocycles. The van der Waals surface area contributed by atoms with Crippen molar-refractivity contribution in [1.82, 2.24) is 15.2 Å². The molecule has 0 aromatic carbocycles. The van der Waals surface area contributed by atoms with Crippen molar-refractivity contribution in [3.63, 3.8) is 0 Å². The summed E-state index contributed by atoms with van der Waals surface area (Å²) < 4.78 is 5.60. The number of hydrogen-bond donors (Lipinski definition) is 2. The molecule has 1 aromatic heterocycles. The molecule has 2 rings (SSSR count). The molecular formula is C10H18N4O. The fourth-order valence-electron chi connectivity index (χ4n) is 2.21. The fraction of sp³-hybridized carbons (Fsp3) is 0.800. The van der Waals surface area contributed by atoms with Gasteiger partial charge in [-0.2, -0.15) is 5.10 Å². The number of aromatic amines is 1. The third-order valence-corrected chi connectivity index (χ3v) is 3.12. The molecular weight excluding hydrogens is 192 g/mol. The monoisotopic (exact) mass is 210 g/mol. The van der Waals surface area contributed by atoms with Crippen LogP contribution < -0.4 is 5.73 Å². The third-order valence-electron chi connectivity index (χ3n) is 3.12. The second kappa shape index (κ2) is 4.28. The first-order chi connectivity index (χ1) is 7.30. The van der Waals surface area contributed by atoms with Crippen LogP contribution in [-0.4, -0.2) is 28.8 Å². The van der Waals surface area contributed by atoms with Crippen LogP contribution in [-0.2, 0) is 16.8 Å². The molecule has 1 aliphatic rings. The number of ether oxygens (including phenoxy) is 1. The Morgan fingerprint density at radius 3 is 2.80 bits per heavy atom. The van der Waals surface area contributed by atoms with Crippen LogP contribution in [0.2, 0.25) is 0 Å². The number of hydrogen-bond acceptors (Lipinski definition) is 4. The maximum Gasteiger partial charge on any atom is 0.182 e. The Balaban J connectivity index is 2.19. The molecule has 0 unspecified atom stereocenters. The van der Waals surface area contributed by atoms with Gasteiger partial charge in [-0.15, -0.1) is 0 Å². The summed E-state index contributed by atoms with van der Waals surface area (Å²) in [5.74, 6) is 1.65. The number of methoxy groups -OCH3 is 1. The molecule has 84 valence electrons. The molecule has 0 aliphatic heterocycles. The van der Waals surface area contributed by atoms with Crippen molar-refractivity contribution < 1.29 is 4.74 Å². The van der Waals surface area contributed by atoms with Crippen molar-refractivity contribution in [2.24, 2.45) is 5.73 Å². The molecule has 1 saturated carbocycles. The van der Waals surface area contributed by atoms with Crippen LogP contribution in [0.25, 0.3) is 0 Å². The van der Waals surface area contributed by atoms with Crippen LogP contribution in [0.5, 0.6) is 0 Å². The van der Waals surface area contributed by atoms with E-state index in [1.54, 1.807) is 7.11 Å². The molecule has 0 amide bonds. The highest BCUT2D eigenvalue weighted by molar-refractivity contribution is 5.06. The summed E-state index contributed by atoms with van der Waals surface area (Å²) in [5, 5.41) is 7.16. The van der Waals surface area contributed by atoms with E-state index >= 15 is 0 Å². The normalized spacial score (nSPS) is 19.6. The van der Waals surface area contributed by atoms with Gasteiger partial charge in [0.1, 0.15) is 11.4 Å². The lowest BCUT2D eigenvalue weighted by Crippen LogP contribution is -2.26. The van der Waals surface area contributed by atoms with Crippen LogP contribution in [0, 0.1) is 0 Å². The van der Waals surface area contributed by atoms with E-state index in [2.05, 4.69) is 15.2 Å². The number of nitrogens with zero attached hydrogens (tertiary/aromatic N) is 2. The number of nitrogens with one attached hydrogen (secondary N) is 1. The van der Waals surface area contributed by atoms with E-state index in [1.807, 2.05) is 0 Å². The predicted molar refractivity (Wildman–Crippen MR) is 56.3 cm³/mol. The van der Waals surface area contributed by atoms with Gasteiger partial charge in [0.25, 0.3) is 0 Å². The summed E-state index contributed by atoms with van der Waals surface area (Å²) in [5.41, 5.74) is 5.22.